The highest BCUT2D eigenvalue weighted by atomic mass is 32.1. The monoisotopic (exact) mass is 242 g/mol. The van der Waals surface area contributed by atoms with Crippen LogP contribution in [0, 0.1) is 6.92 Å². The van der Waals surface area contributed by atoms with E-state index in [4.69, 9.17) is 4.74 Å². The van der Waals surface area contributed by atoms with Crippen molar-refractivity contribution in [2.45, 2.75) is 46.3 Å². The second-order valence-corrected chi connectivity index (χ2v) is 5.92. The summed E-state index contributed by atoms with van der Waals surface area (Å²) in [5, 5.41) is 3.77. The molecule has 1 N–H and O–H groups in total. The highest BCUT2D eigenvalue weighted by Gasteiger charge is 2.18. The molecule has 1 heterocycles. The van der Waals surface area contributed by atoms with Crippen molar-refractivity contribution in [2.24, 2.45) is 0 Å². The number of thiazole rings is 1. The molecule has 5 heteroatoms. The summed E-state index contributed by atoms with van der Waals surface area (Å²) in [6.07, 6.45) is 1.38. The summed E-state index contributed by atoms with van der Waals surface area (Å²) >= 11 is 1.57. The van der Waals surface area contributed by atoms with Gasteiger partial charge in [-0.05, 0) is 34.6 Å². The third-order valence-electron chi connectivity index (χ3n) is 1.80. The van der Waals surface area contributed by atoms with E-state index < -0.39 is 11.7 Å². The molecule has 1 amide bonds. The smallest absolute Gasteiger partial charge is 0.408 e. The van der Waals surface area contributed by atoms with Crippen molar-refractivity contribution in [3.8, 4) is 0 Å². The molecular formula is C11H18N2O2S. The van der Waals surface area contributed by atoms with Crippen LogP contribution in [0.5, 0.6) is 0 Å². The quantitative estimate of drug-likeness (QED) is 0.867. The summed E-state index contributed by atoms with van der Waals surface area (Å²) in [4.78, 5) is 16.7. The molecule has 0 radical (unpaired) electrons. The van der Waals surface area contributed by atoms with Gasteiger partial charge < -0.3 is 10.1 Å². The highest BCUT2D eigenvalue weighted by molar-refractivity contribution is 7.11. The maximum atomic E-state index is 11.5. The van der Waals surface area contributed by atoms with Gasteiger partial charge in [0.05, 0.1) is 11.0 Å². The number of nitrogens with one attached hydrogen (secondary N) is 1. The highest BCUT2D eigenvalue weighted by Crippen LogP contribution is 2.20. The minimum atomic E-state index is -0.465. The molecule has 0 fully saturated rings. The number of nitrogens with zero attached hydrogens (tertiary/aromatic N) is 1. The van der Waals surface area contributed by atoms with Crippen LogP contribution < -0.4 is 5.32 Å². The second-order valence-electron chi connectivity index (χ2n) is 4.65. The van der Waals surface area contributed by atoms with E-state index >= 15 is 0 Å². The van der Waals surface area contributed by atoms with Crippen LogP contribution in [-0.4, -0.2) is 16.7 Å². The van der Waals surface area contributed by atoms with Crippen LogP contribution in [0.4, 0.5) is 4.79 Å². The fourth-order valence-electron chi connectivity index (χ4n) is 1.13. The first-order valence-electron chi connectivity index (χ1n) is 5.20. The molecule has 0 aliphatic heterocycles. The van der Waals surface area contributed by atoms with Crippen molar-refractivity contribution >= 4 is 17.4 Å². The molecule has 1 atom stereocenters. The second kappa shape index (κ2) is 4.82. The minimum Gasteiger partial charge on any atom is -0.444 e. The number of aryl methyl sites for hydroxylation is 1. The third kappa shape index (κ3) is 4.18. The fraction of sp³-hybridized carbons (Fsp3) is 0.636. The number of amides is 1. The Hall–Kier alpha value is -1.10. The van der Waals surface area contributed by atoms with Gasteiger partial charge in [-0.2, -0.15) is 0 Å². The molecule has 1 aromatic heterocycles. The molecule has 1 rings (SSSR count). The SMILES string of the molecule is Cc1ncc(C(C)NC(=O)OC(C)(C)C)s1. The summed E-state index contributed by atoms with van der Waals surface area (Å²) in [5.41, 5.74) is -0.465. The summed E-state index contributed by atoms with van der Waals surface area (Å²) in [5.74, 6) is 0. The lowest BCUT2D eigenvalue weighted by Gasteiger charge is -2.21. The van der Waals surface area contributed by atoms with Crippen molar-refractivity contribution in [1.82, 2.24) is 10.3 Å². The molecule has 0 saturated heterocycles. The Labute approximate surface area is 100 Å². The molecule has 0 bridgehead atoms. The van der Waals surface area contributed by atoms with E-state index in [1.165, 1.54) is 0 Å². The zero-order valence-electron chi connectivity index (χ0n) is 10.3. The van der Waals surface area contributed by atoms with Gasteiger partial charge in [0.1, 0.15) is 5.60 Å². The largest absolute Gasteiger partial charge is 0.444 e. The van der Waals surface area contributed by atoms with Gasteiger partial charge in [-0.25, -0.2) is 9.78 Å². The molecule has 0 spiro atoms. The van der Waals surface area contributed by atoms with Crippen LogP contribution in [0.25, 0.3) is 0 Å². The number of carbonyl (C=O) groups excluding carboxylic acids is 1. The van der Waals surface area contributed by atoms with Crippen molar-refractivity contribution in [1.29, 1.82) is 0 Å². The van der Waals surface area contributed by atoms with Crippen LogP contribution in [-0.2, 0) is 4.74 Å². The Kier molecular flexibility index (Phi) is 3.91. The van der Waals surface area contributed by atoms with Crippen molar-refractivity contribution in [3.63, 3.8) is 0 Å². The number of hydrogen-bond donors (Lipinski definition) is 1. The normalized spacial score (nSPS) is 13.3. The van der Waals surface area contributed by atoms with E-state index in [0.717, 1.165) is 9.88 Å². The maximum absolute atomic E-state index is 11.5. The first-order valence-corrected chi connectivity index (χ1v) is 6.01. The summed E-state index contributed by atoms with van der Waals surface area (Å²) < 4.78 is 5.17. The molecule has 0 aliphatic rings. The molecule has 4 nitrogen and oxygen atoms in total. The third-order valence-corrected chi connectivity index (χ3v) is 2.89. The number of hydrogen-bond acceptors (Lipinski definition) is 4. The summed E-state index contributed by atoms with van der Waals surface area (Å²) in [6, 6.07) is -0.0685. The van der Waals surface area contributed by atoms with E-state index in [-0.39, 0.29) is 6.04 Å². The Bertz CT molecular complexity index is 368. The predicted octanol–water partition coefficient (Wildman–Crippen LogP) is 3.04. The number of rotatable bonds is 2. The topological polar surface area (TPSA) is 51.2 Å². The summed E-state index contributed by atoms with van der Waals surface area (Å²) in [6.45, 7) is 9.38. The van der Waals surface area contributed by atoms with Crippen LogP contribution >= 0.6 is 11.3 Å². The van der Waals surface area contributed by atoms with Gasteiger partial charge in [-0.1, -0.05) is 0 Å². The molecule has 0 aliphatic carbocycles. The van der Waals surface area contributed by atoms with Crippen LogP contribution in [0.2, 0.25) is 0 Å². The molecule has 0 saturated carbocycles. The zero-order chi connectivity index (χ0) is 12.3. The first-order chi connectivity index (χ1) is 7.28. The van der Waals surface area contributed by atoms with Gasteiger partial charge in [-0.3, -0.25) is 0 Å². The maximum Gasteiger partial charge on any atom is 0.408 e. The van der Waals surface area contributed by atoms with Gasteiger partial charge in [-0.15, -0.1) is 11.3 Å². The number of ether oxygens (including phenoxy) is 1. The van der Waals surface area contributed by atoms with Crippen molar-refractivity contribution in [3.05, 3.63) is 16.1 Å². The van der Waals surface area contributed by atoms with Gasteiger partial charge in [0, 0.05) is 11.1 Å². The molecule has 1 aromatic rings. The zero-order valence-corrected chi connectivity index (χ0v) is 11.1. The minimum absolute atomic E-state index is 0.0685. The van der Waals surface area contributed by atoms with Gasteiger partial charge in [0.2, 0.25) is 0 Å². The number of alkyl carbamates (subject to hydrolysis) is 1. The van der Waals surface area contributed by atoms with Crippen LogP contribution in [0.15, 0.2) is 6.20 Å². The molecule has 1 unspecified atom stereocenters. The lowest BCUT2D eigenvalue weighted by molar-refractivity contribution is 0.0509. The van der Waals surface area contributed by atoms with Crippen LogP contribution in [0.3, 0.4) is 0 Å². The molecule has 90 valence electrons. The predicted molar refractivity (Wildman–Crippen MR) is 64.6 cm³/mol. The van der Waals surface area contributed by atoms with Crippen LogP contribution in [0.1, 0.15) is 43.6 Å². The fourth-order valence-corrected chi connectivity index (χ4v) is 1.92. The first kappa shape index (κ1) is 13.0. The number of aromatic nitrogens is 1. The van der Waals surface area contributed by atoms with E-state index in [1.54, 1.807) is 17.5 Å². The van der Waals surface area contributed by atoms with E-state index in [1.807, 2.05) is 34.6 Å². The van der Waals surface area contributed by atoms with Gasteiger partial charge in [0.25, 0.3) is 0 Å². The molecular weight excluding hydrogens is 224 g/mol. The summed E-state index contributed by atoms with van der Waals surface area (Å²) in [7, 11) is 0. The molecule has 0 aromatic carbocycles. The standard InChI is InChI=1S/C11H18N2O2S/c1-7(9-6-12-8(2)16-9)13-10(14)15-11(3,4)5/h6-7H,1-5H3,(H,13,14). The van der Waals surface area contributed by atoms with E-state index in [2.05, 4.69) is 10.3 Å². The van der Waals surface area contributed by atoms with Crippen molar-refractivity contribution < 1.29 is 9.53 Å². The lowest BCUT2D eigenvalue weighted by atomic mass is 10.2. The Morgan fingerprint density at radius 2 is 2.19 bits per heavy atom. The average Bonchev–Trinajstić information content (AvgIpc) is 2.47. The lowest BCUT2D eigenvalue weighted by Crippen LogP contribution is -2.33. The van der Waals surface area contributed by atoms with Gasteiger partial charge in [0.15, 0.2) is 0 Å². The van der Waals surface area contributed by atoms with E-state index in [9.17, 15) is 4.79 Å². The van der Waals surface area contributed by atoms with Crippen molar-refractivity contribution in [2.75, 3.05) is 0 Å². The Morgan fingerprint density at radius 1 is 1.56 bits per heavy atom. The number of carbonyl (C=O) groups is 1. The van der Waals surface area contributed by atoms with E-state index in [0.29, 0.717) is 0 Å². The molecule has 16 heavy (non-hydrogen) atoms. The van der Waals surface area contributed by atoms with Gasteiger partial charge >= 0.3 is 6.09 Å². The average molecular weight is 242 g/mol. The Balaban J connectivity index is 2.52. The Morgan fingerprint density at radius 3 is 2.62 bits per heavy atom.